The van der Waals surface area contributed by atoms with Gasteiger partial charge in [-0.2, -0.15) is 11.3 Å². The van der Waals surface area contributed by atoms with Gasteiger partial charge in [0.25, 0.3) is 0 Å². The summed E-state index contributed by atoms with van der Waals surface area (Å²) in [6, 6.07) is 41.9. The first-order valence-electron chi connectivity index (χ1n) is 13.3. The molecule has 0 fully saturated rings. The second-order valence-electron chi connectivity index (χ2n) is 9.76. The van der Waals surface area contributed by atoms with E-state index >= 15 is 0 Å². The predicted molar refractivity (Wildman–Crippen MR) is 163 cm³/mol. The molecule has 40 heavy (non-hydrogen) atoms. The number of anilines is 1. The van der Waals surface area contributed by atoms with Crippen molar-refractivity contribution in [3.05, 3.63) is 167 Å². The van der Waals surface area contributed by atoms with Crippen molar-refractivity contribution in [2.24, 2.45) is 0 Å². The molecule has 196 valence electrons. The number of rotatable bonds is 8. The lowest BCUT2D eigenvalue weighted by Crippen LogP contribution is -2.36. The summed E-state index contributed by atoms with van der Waals surface area (Å²) >= 11 is 1.64. The minimum absolute atomic E-state index is 0.0154. The number of thiophene rings is 1. The molecule has 0 saturated heterocycles. The molecule has 0 N–H and O–H groups in total. The third kappa shape index (κ3) is 4.76. The largest absolute Gasteiger partial charge is 0.318 e. The van der Waals surface area contributed by atoms with Crippen molar-refractivity contribution < 1.29 is 4.79 Å². The van der Waals surface area contributed by atoms with E-state index in [-0.39, 0.29) is 5.91 Å². The van der Waals surface area contributed by atoms with Gasteiger partial charge in [-0.3, -0.25) is 4.79 Å². The SMILES string of the molecule is CC(=O)N(Cc1ccsc1)c1ccc(-c2cn(C(c3ccccc3)(c3ccccc3)c3ccccc3)cn2)cc1. The maximum Gasteiger partial charge on any atom is 0.224 e. The number of carbonyl (C=O) groups excluding carboxylic acids is 1. The first-order valence-corrected chi connectivity index (χ1v) is 14.2. The average Bonchev–Trinajstić information content (AvgIpc) is 3.71. The van der Waals surface area contributed by atoms with Gasteiger partial charge in [0.15, 0.2) is 0 Å². The van der Waals surface area contributed by atoms with Gasteiger partial charge in [0.2, 0.25) is 5.91 Å². The molecule has 6 aromatic rings. The van der Waals surface area contributed by atoms with Crippen LogP contribution < -0.4 is 4.90 Å². The molecule has 0 atom stereocenters. The van der Waals surface area contributed by atoms with E-state index in [1.54, 1.807) is 23.2 Å². The number of hydrogen-bond donors (Lipinski definition) is 0. The van der Waals surface area contributed by atoms with Gasteiger partial charge in [0, 0.05) is 24.4 Å². The summed E-state index contributed by atoms with van der Waals surface area (Å²) in [5.41, 5.74) is 6.69. The number of imidazole rings is 1. The molecule has 0 bridgehead atoms. The molecule has 0 spiro atoms. The Morgan fingerprint density at radius 1 is 0.775 bits per heavy atom. The Labute approximate surface area is 238 Å². The summed E-state index contributed by atoms with van der Waals surface area (Å²) in [7, 11) is 0. The lowest BCUT2D eigenvalue weighted by molar-refractivity contribution is -0.116. The topological polar surface area (TPSA) is 38.1 Å². The van der Waals surface area contributed by atoms with Gasteiger partial charge in [-0.1, -0.05) is 103 Å². The molecule has 0 saturated carbocycles. The summed E-state index contributed by atoms with van der Waals surface area (Å²) in [6.07, 6.45) is 4.05. The van der Waals surface area contributed by atoms with E-state index in [1.807, 2.05) is 54.2 Å². The van der Waals surface area contributed by atoms with Crippen LogP contribution in [0.1, 0.15) is 29.2 Å². The lowest BCUT2D eigenvalue weighted by Gasteiger charge is -2.37. The maximum absolute atomic E-state index is 12.5. The van der Waals surface area contributed by atoms with E-state index in [0.717, 1.165) is 39.2 Å². The molecule has 6 rings (SSSR count). The van der Waals surface area contributed by atoms with Crippen LogP contribution in [-0.4, -0.2) is 15.5 Å². The Kier molecular flexibility index (Phi) is 7.13. The molecule has 5 heteroatoms. The maximum atomic E-state index is 12.5. The van der Waals surface area contributed by atoms with Crippen LogP contribution in [0, 0.1) is 0 Å². The minimum Gasteiger partial charge on any atom is -0.318 e. The quantitative estimate of drug-likeness (QED) is 0.184. The molecule has 2 aromatic heterocycles. The first kappa shape index (κ1) is 25.5. The van der Waals surface area contributed by atoms with Gasteiger partial charge in [-0.25, -0.2) is 4.98 Å². The van der Waals surface area contributed by atoms with Crippen LogP contribution in [0.5, 0.6) is 0 Å². The fourth-order valence-corrected chi connectivity index (χ4v) is 6.06. The number of hydrogen-bond acceptors (Lipinski definition) is 3. The fraction of sp³-hybridized carbons (Fsp3) is 0.0857. The van der Waals surface area contributed by atoms with E-state index in [4.69, 9.17) is 4.98 Å². The predicted octanol–water partition coefficient (Wildman–Crippen LogP) is 8.00. The molecule has 0 aliphatic carbocycles. The third-order valence-corrected chi connectivity index (χ3v) is 8.05. The molecule has 0 radical (unpaired) electrons. The van der Waals surface area contributed by atoms with Crippen LogP contribution in [0.2, 0.25) is 0 Å². The summed E-state index contributed by atoms with van der Waals surface area (Å²) < 4.78 is 2.22. The second kappa shape index (κ2) is 11.2. The van der Waals surface area contributed by atoms with Crippen molar-refractivity contribution in [2.45, 2.75) is 19.0 Å². The molecule has 0 aliphatic rings. The molecule has 1 amide bonds. The Balaban J connectivity index is 1.43. The molecule has 0 unspecified atom stereocenters. The van der Waals surface area contributed by atoms with Gasteiger partial charge >= 0.3 is 0 Å². The number of benzene rings is 4. The Morgan fingerprint density at radius 2 is 1.32 bits per heavy atom. The summed E-state index contributed by atoms with van der Waals surface area (Å²) in [5, 5.41) is 4.11. The van der Waals surface area contributed by atoms with Gasteiger partial charge in [0.05, 0.1) is 18.6 Å². The lowest BCUT2D eigenvalue weighted by atomic mass is 9.77. The Bertz CT molecular complexity index is 1580. The summed E-state index contributed by atoms with van der Waals surface area (Å²) in [6.45, 7) is 2.17. The van der Waals surface area contributed by atoms with Crippen LogP contribution in [-0.2, 0) is 16.9 Å². The fourth-order valence-electron chi connectivity index (χ4n) is 5.40. The van der Waals surface area contributed by atoms with Crippen molar-refractivity contribution in [1.82, 2.24) is 9.55 Å². The molecule has 0 aliphatic heterocycles. The van der Waals surface area contributed by atoms with E-state index in [0.29, 0.717) is 6.54 Å². The molecule has 4 nitrogen and oxygen atoms in total. The van der Waals surface area contributed by atoms with Crippen LogP contribution in [0.4, 0.5) is 5.69 Å². The summed E-state index contributed by atoms with van der Waals surface area (Å²) in [5.74, 6) is 0.0154. The normalized spacial score (nSPS) is 11.3. The zero-order valence-corrected chi connectivity index (χ0v) is 23.0. The molecule has 2 heterocycles. The highest BCUT2D eigenvalue weighted by Gasteiger charge is 2.38. The number of amides is 1. The van der Waals surface area contributed by atoms with Gasteiger partial charge in [0.1, 0.15) is 5.54 Å². The van der Waals surface area contributed by atoms with Crippen LogP contribution >= 0.6 is 11.3 Å². The number of carbonyl (C=O) groups is 1. The van der Waals surface area contributed by atoms with E-state index in [9.17, 15) is 4.79 Å². The van der Waals surface area contributed by atoms with Crippen molar-refractivity contribution in [1.29, 1.82) is 0 Å². The summed E-state index contributed by atoms with van der Waals surface area (Å²) in [4.78, 5) is 19.1. The second-order valence-corrected chi connectivity index (χ2v) is 10.5. The zero-order chi connectivity index (χ0) is 27.4. The average molecular weight is 540 g/mol. The highest BCUT2D eigenvalue weighted by Crippen LogP contribution is 2.41. The Hall–Kier alpha value is -4.74. The Morgan fingerprint density at radius 3 is 1.80 bits per heavy atom. The van der Waals surface area contributed by atoms with Crippen LogP contribution in [0.25, 0.3) is 11.3 Å². The van der Waals surface area contributed by atoms with Gasteiger partial charge in [-0.05, 0) is 51.2 Å². The highest BCUT2D eigenvalue weighted by atomic mass is 32.1. The molecular formula is C35H29N3OS. The highest BCUT2D eigenvalue weighted by molar-refractivity contribution is 7.07. The third-order valence-electron chi connectivity index (χ3n) is 7.32. The van der Waals surface area contributed by atoms with Gasteiger partial charge < -0.3 is 9.47 Å². The monoisotopic (exact) mass is 539 g/mol. The standard InChI is InChI=1S/C35H29N3OS/c1-27(39)38(23-28-21-22-40-25-28)33-19-17-29(18-20-33)34-24-37(26-36-34)35(30-11-5-2-6-12-30,31-13-7-3-8-14-31)32-15-9-4-10-16-32/h2-22,24-26H,23H2,1H3. The number of aromatic nitrogens is 2. The molecular weight excluding hydrogens is 510 g/mol. The minimum atomic E-state index is -0.610. The van der Waals surface area contributed by atoms with Crippen molar-refractivity contribution in [2.75, 3.05) is 4.90 Å². The van der Waals surface area contributed by atoms with Gasteiger partial charge in [-0.15, -0.1) is 0 Å². The van der Waals surface area contributed by atoms with E-state index in [1.165, 1.54) is 0 Å². The van der Waals surface area contributed by atoms with Crippen molar-refractivity contribution in [3.63, 3.8) is 0 Å². The van der Waals surface area contributed by atoms with E-state index < -0.39 is 5.54 Å². The van der Waals surface area contributed by atoms with Crippen molar-refractivity contribution in [3.8, 4) is 11.3 Å². The van der Waals surface area contributed by atoms with Crippen molar-refractivity contribution >= 4 is 22.9 Å². The van der Waals surface area contributed by atoms with Crippen LogP contribution in [0.3, 0.4) is 0 Å². The molecule has 4 aromatic carbocycles. The smallest absolute Gasteiger partial charge is 0.224 e. The number of nitrogens with zero attached hydrogens (tertiary/aromatic N) is 3. The van der Waals surface area contributed by atoms with Crippen LogP contribution in [0.15, 0.2) is 145 Å². The first-order chi connectivity index (χ1) is 19.7. The zero-order valence-electron chi connectivity index (χ0n) is 22.2. The van der Waals surface area contributed by atoms with E-state index in [2.05, 4.69) is 95.0 Å².